The minimum atomic E-state index is -0.213. The van der Waals surface area contributed by atoms with Crippen molar-refractivity contribution in [3.63, 3.8) is 0 Å². The molecule has 4 rings (SSSR count). The van der Waals surface area contributed by atoms with Crippen LogP contribution in [-0.2, 0) is 6.42 Å². The second-order valence-electron chi connectivity index (χ2n) is 7.70. The zero-order valence-corrected chi connectivity index (χ0v) is 13.6. The highest BCUT2D eigenvalue weighted by Crippen LogP contribution is 2.62. The summed E-state index contributed by atoms with van der Waals surface area (Å²) < 4.78 is 19.2. The lowest BCUT2D eigenvalue weighted by atomic mass is 9.55. The molecule has 3 unspecified atom stereocenters. The van der Waals surface area contributed by atoms with Crippen LogP contribution in [0.3, 0.4) is 0 Å². The number of allylic oxidation sites excluding steroid dienone is 1. The third-order valence-corrected chi connectivity index (χ3v) is 6.95. The summed E-state index contributed by atoms with van der Waals surface area (Å²) in [6.45, 7) is 6.80. The Morgan fingerprint density at radius 2 is 2.05 bits per heavy atom. The molecule has 0 spiro atoms. The Bertz CT molecular complexity index is 635. The molecule has 2 fully saturated rings. The summed E-state index contributed by atoms with van der Waals surface area (Å²) in [5.41, 5.74) is 4.38. The molecule has 4 atom stereocenters. The SMILES string of the molecule is C=C1CCC2C3CCc4cc(F)c(OC)cc4C3CC[C@]12C. The quantitative estimate of drug-likeness (QED) is 0.644. The van der Waals surface area contributed by atoms with Crippen LogP contribution in [0.15, 0.2) is 24.3 Å². The van der Waals surface area contributed by atoms with Gasteiger partial charge in [-0.3, -0.25) is 0 Å². The molecule has 22 heavy (non-hydrogen) atoms. The molecule has 0 aromatic heterocycles. The second-order valence-corrected chi connectivity index (χ2v) is 7.70. The van der Waals surface area contributed by atoms with E-state index < -0.39 is 0 Å². The van der Waals surface area contributed by atoms with Gasteiger partial charge in [-0.25, -0.2) is 4.39 Å². The fourth-order valence-electron chi connectivity index (χ4n) is 5.63. The molecule has 1 aromatic carbocycles. The lowest BCUT2D eigenvalue weighted by Crippen LogP contribution is -2.40. The number of methoxy groups -OCH3 is 1. The van der Waals surface area contributed by atoms with Crippen molar-refractivity contribution in [2.75, 3.05) is 7.11 Å². The largest absolute Gasteiger partial charge is 0.494 e. The first kappa shape index (κ1) is 14.3. The van der Waals surface area contributed by atoms with Crippen LogP contribution in [-0.4, -0.2) is 7.11 Å². The summed E-state index contributed by atoms with van der Waals surface area (Å²) in [6, 6.07) is 3.69. The maximum absolute atomic E-state index is 14.0. The molecule has 2 heteroatoms. The molecule has 3 aliphatic rings. The van der Waals surface area contributed by atoms with Gasteiger partial charge in [0.1, 0.15) is 0 Å². The van der Waals surface area contributed by atoms with Crippen LogP contribution in [0.1, 0.15) is 56.1 Å². The highest BCUT2D eigenvalue weighted by atomic mass is 19.1. The van der Waals surface area contributed by atoms with Crippen molar-refractivity contribution in [3.05, 3.63) is 41.2 Å². The summed E-state index contributed by atoms with van der Waals surface area (Å²) in [5, 5.41) is 0. The molecule has 1 aromatic rings. The lowest BCUT2D eigenvalue weighted by Gasteiger charge is -2.49. The van der Waals surface area contributed by atoms with E-state index in [-0.39, 0.29) is 5.82 Å². The van der Waals surface area contributed by atoms with Crippen molar-refractivity contribution in [1.29, 1.82) is 0 Å². The molecule has 1 nitrogen and oxygen atoms in total. The van der Waals surface area contributed by atoms with E-state index in [9.17, 15) is 4.39 Å². The molecule has 0 aliphatic heterocycles. The van der Waals surface area contributed by atoms with Gasteiger partial charge in [-0.1, -0.05) is 19.1 Å². The highest BCUT2D eigenvalue weighted by molar-refractivity contribution is 5.42. The molecule has 0 radical (unpaired) electrons. The van der Waals surface area contributed by atoms with Gasteiger partial charge in [0.25, 0.3) is 0 Å². The first-order chi connectivity index (χ1) is 10.5. The van der Waals surface area contributed by atoms with Crippen molar-refractivity contribution < 1.29 is 9.13 Å². The Hall–Kier alpha value is -1.31. The van der Waals surface area contributed by atoms with E-state index in [0.29, 0.717) is 17.1 Å². The summed E-state index contributed by atoms with van der Waals surface area (Å²) in [5.74, 6) is 2.28. The van der Waals surface area contributed by atoms with Gasteiger partial charge < -0.3 is 4.74 Å². The van der Waals surface area contributed by atoms with Crippen LogP contribution >= 0.6 is 0 Å². The summed E-state index contributed by atoms with van der Waals surface area (Å²) in [6.07, 6.45) is 7.15. The number of benzene rings is 1. The van der Waals surface area contributed by atoms with Gasteiger partial charge >= 0.3 is 0 Å². The minimum Gasteiger partial charge on any atom is -0.494 e. The Balaban J connectivity index is 1.74. The van der Waals surface area contributed by atoms with Gasteiger partial charge in [0.15, 0.2) is 11.6 Å². The third kappa shape index (κ3) is 1.82. The third-order valence-electron chi connectivity index (χ3n) is 6.95. The predicted octanol–water partition coefficient (Wildman–Crippen LogP) is 5.25. The zero-order valence-electron chi connectivity index (χ0n) is 13.6. The van der Waals surface area contributed by atoms with Gasteiger partial charge in [0.2, 0.25) is 0 Å². The first-order valence-electron chi connectivity index (χ1n) is 8.59. The smallest absolute Gasteiger partial charge is 0.165 e. The zero-order chi connectivity index (χ0) is 15.5. The molecular weight excluding hydrogens is 275 g/mol. The maximum Gasteiger partial charge on any atom is 0.165 e. The molecule has 0 N–H and O–H groups in total. The maximum atomic E-state index is 14.0. The molecule has 2 saturated carbocycles. The van der Waals surface area contributed by atoms with Crippen molar-refractivity contribution >= 4 is 0 Å². The fourth-order valence-corrected chi connectivity index (χ4v) is 5.63. The van der Waals surface area contributed by atoms with E-state index in [1.54, 1.807) is 13.2 Å². The average Bonchev–Trinajstić information content (AvgIpc) is 2.82. The van der Waals surface area contributed by atoms with E-state index in [0.717, 1.165) is 18.3 Å². The minimum absolute atomic E-state index is 0.213. The topological polar surface area (TPSA) is 9.23 Å². The first-order valence-corrected chi connectivity index (χ1v) is 8.59. The molecule has 0 heterocycles. The summed E-state index contributed by atoms with van der Waals surface area (Å²) in [4.78, 5) is 0. The number of fused-ring (bicyclic) bond motifs is 5. The van der Waals surface area contributed by atoms with Gasteiger partial charge in [-0.15, -0.1) is 0 Å². The molecular formula is C20H25FO. The standard InChI is InChI=1S/C20H25FO/c1-12-4-7-17-15-6-5-13-10-18(21)19(22-3)11-16(13)14(15)8-9-20(12,17)2/h10-11,14-15,17H,1,4-9H2,2-3H3/t14?,15?,17?,20-/m1/s1. The Morgan fingerprint density at radius 3 is 2.82 bits per heavy atom. The molecule has 0 saturated heterocycles. The van der Waals surface area contributed by atoms with Crippen LogP contribution < -0.4 is 4.74 Å². The molecule has 0 amide bonds. The number of ether oxygens (including phenoxy) is 1. The average molecular weight is 300 g/mol. The Morgan fingerprint density at radius 1 is 1.23 bits per heavy atom. The monoisotopic (exact) mass is 300 g/mol. The summed E-state index contributed by atoms with van der Waals surface area (Å²) >= 11 is 0. The van der Waals surface area contributed by atoms with E-state index in [2.05, 4.69) is 13.5 Å². The van der Waals surface area contributed by atoms with Crippen LogP contribution in [0.2, 0.25) is 0 Å². The van der Waals surface area contributed by atoms with E-state index >= 15 is 0 Å². The molecule has 0 bridgehead atoms. The van der Waals surface area contributed by atoms with Crippen LogP contribution in [0, 0.1) is 23.1 Å². The van der Waals surface area contributed by atoms with Crippen molar-refractivity contribution in [2.45, 2.75) is 51.4 Å². The Labute approximate surface area is 132 Å². The number of rotatable bonds is 1. The number of halogens is 1. The van der Waals surface area contributed by atoms with Crippen molar-refractivity contribution in [2.24, 2.45) is 17.3 Å². The summed E-state index contributed by atoms with van der Waals surface area (Å²) in [7, 11) is 1.56. The highest BCUT2D eigenvalue weighted by Gasteiger charge is 2.51. The van der Waals surface area contributed by atoms with Crippen LogP contribution in [0.25, 0.3) is 0 Å². The van der Waals surface area contributed by atoms with E-state index in [1.165, 1.54) is 48.8 Å². The number of hydrogen-bond donors (Lipinski definition) is 0. The normalized spacial score (nSPS) is 36.5. The Kier molecular flexibility index (Phi) is 3.15. The molecule has 118 valence electrons. The molecule has 3 aliphatic carbocycles. The second kappa shape index (κ2) is 4.84. The van der Waals surface area contributed by atoms with Crippen LogP contribution in [0.5, 0.6) is 5.75 Å². The van der Waals surface area contributed by atoms with Gasteiger partial charge in [0.05, 0.1) is 7.11 Å². The van der Waals surface area contributed by atoms with Crippen molar-refractivity contribution in [1.82, 2.24) is 0 Å². The fraction of sp³-hybridized carbons (Fsp3) is 0.600. The van der Waals surface area contributed by atoms with Crippen molar-refractivity contribution in [3.8, 4) is 5.75 Å². The number of hydrogen-bond acceptors (Lipinski definition) is 1. The van der Waals surface area contributed by atoms with Gasteiger partial charge in [-0.2, -0.15) is 0 Å². The van der Waals surface area contributed by atoms with Crippen LogP contribution in [0.4, 0.5) is 4.39 Å². The van der Waals surface area contributed by atoms with E-state index in [4.69, 9.17) is 4.74 Å². The lowest BCUT2D eigenvalue weighted by molar-refractivity contribution is 0.0814. The number of aryl methyl sites for hydroxylation is 1. The predicted molar refractivity (Wildman–Crippen MR) is 86.7 cm³/mol. The van der Waals surface area contributed by atoms with Gasteiger partial charge in [0, 0.05) is 0 Å². The van der Waals surface area contributed by atoms with Gasteiger partial charge in [-0.05, 0) is 85.0 Å². The van der Waals surface area contributed by atoms with E-state index in [1.807, 2.05) is 6.07 Å².